The van der Waals surface area contributed by atoms with Crippen LogP contribution in [0.5, 0.6) is 0 Å². The summed E-state index contributed by atoms with van der Waals surface area (Å²) in [5.74, 6) is 0. The van der Waals surface area contributed by atoms with Crippen LogP contribution in [0.1, 0.15) is 6.92 Å². The van der Waals surface area contributed by atoms with Gasteiger partial charge in [-0.05, 0) is 29.5 Å². The highest BCUT2D eigenvalue weighted by molar-refractivity contribution is 6.40. The molecular formula is C13H10Cl2N2. The summed E-state index contributed by atoms with van der Waals surface area (Å²) in [4.78, 5) is 8.34. The summed E-state index contributed by atoms with van der Waals surface area (Å²) in [6, 6.07) is 3.74. The summed E-state index contributed by atoms with van der Waals surface area (Å²) < 4.78 is 0. The second-order valence-electron chi connectivity index (χ2n) is 3.54. The molecule has 0 radical (unpaired) electrons. The number of nitrogens with zero attached hydrogens (tertiary/aromatic N) is 2. The van der Waals surface area contributed by atoms with Crippen molar-refractivity contribution in [3.8, 4) is 0 Å². The quantitative estimate of drug-likeness (QED) is 0.792. The Bertz CT molecular complexity index is 705. The van der Waals surface area contributed by atoms with E-state index in [1.54, 1.807) is 0 Å². The van der Waals surface area contributed by atoms with Gasteiger partial charge < -0.3 is 0 Å². The van der Waals surface area contributed by atoms with E-state index in [0.717, 1.165) is 10.4 Å². The summed E-state index contributed by atoms with van der Waals surface area (Å²) in [5, 5.41) is 2.29. The monoisotopic (exact) mass is 264 g/mol. The Morgan fingerprint density at radius 3 is 2.29 bits per heavy atom. The highest BCUT2D eigenvalue weighted by atomic mass is 35.5. The van der Waals surface area contributed by atoms with Crippen LogP contribution in [0.4, 0.5) is 0 Å². The van der Waals surface area contributed by atoms with Gasteiger partial charge in [0.15, 0.2) is 10.3 Å². The Balaban J connectivity index is 2.81. The van der Waals surface area contributed by atoms with E-state index in [0.29, 0.717) is 11.0 Å². The SMILES string of the molecule is C=c1cc2nc(Cl)c(Cl)nc2c/c1=C/C=C\C. The Hall–Kier alpha value is -1.38. The van der Waals surface area contributed by atoms with Crippen molar-refractivity contribution in [3.05, 3.63) is 45.0 Å². The first-order valence-electron chi connectivity index (χ1n) is 5.06. The first-order chi connectivity index (χ1) is 8.11. The third kappa shape index (κ3) is 2.48. The molecule has 0 atom stereocenters. The van der Waals surface area contributed by atoms with Crippen LogP contribution in [0.3, 0.4) is 0 Å². The van der Waals surface area contributed by atoms with Crippen molar-refractivity contribution in [2.75, 3.05) is 0 Å². The molecule has 1 aromatic carbocycles. The third-order valence-corrected chi connectivity index (χ3v) is 2.94. The molecule has 1 aromatic heterocycles. The number of fused-ring (bicyclic) bond motifs is 1. The molecule has 0 unspecified atom stereocenters. The molecule has 1 heterocycles. The highest BCUT2D eigenvalue weighted by Crippen LogP contribution is 2.19. The summed E-state index contributed by atoms with van der Waals surface area (Å²) in [6.45, 7) is 5.92. The largest absolute Gasteiger partial charge is 0.231 e. The first-order valence-corrected chi connectivity index (χ1v) is 5.82. The molecule has 4 heteroatoms. The van der Waals surface area contributed by atoms with E-state index in [1.807, 2.05) is 37.3 Å². The Morgan fingerprint density at radius 1 is 1.12 bits per heavy atom. The zero-order valence-corrected chi connectivity index (χ0v) is 10.8. The third-order valence-electron chi connectivity index (χ3n) is 2.31. The van der Waals surface area contributed by atoms with E-state index in [4.69, 9.17) is 23.2 Å². The van der Waals surface area contributed by atoms with Crippen LogP contribution in [-0.2, 0) is 0 Å². The molecule has 2 nitrogen and oxygen atoms in total. The molecule has 0 saturated heterocycles. The average Bonchev–Trinajstić information content (AvgIpc) is 2.29. The van der Waals surface area contributed by atoms with Crippen molar-refractivity contribution in [2.45, 2.75) is 6.92 Å². The van der Waals surface area contributed by atoms with Crippen LogP contribution in [0, 0.1) is 0 Å². The van der Waals surface area contributed by atoms with Crippen LogP contribution in [0.25, 0.3) is 23.7 Å². The number of hydrogen-bond acceptors (Lipinski definition) is 2. The molecule has 0 aliphatic carbocycles. The molecule has 2 rings (SSSR count). The molecular weight excluding hydrogens is 255 g/mol. The van der Waals surface area contributed by atoms with Gasteiger partial charge in [-0.1, -0.05) is 48.0 Å². The van der Waals surface area contributed by atoms with E-state index in [2.05, 4.69) is 16.5 Å². The molecule has 0 aliphatic rings. The predicted molar refractivity (Wildman–Crippen MR) is 73.6 cm³/mol. The van der Waals surface area contributed by atoms with Gasteiger partial charge in [0.25, 0.3) is 0 Å². The van der Waals surface area contributed by atoms with E-state index >= 15 is 0 Å². The van der Waals surface area contributed by atoms with Gasteiger partial charge in [0.1, 0.15) is 0 Å². The average molecular weight is 265 g/mol. The Morgan fingerprint density at radius 2 is 1.71 bits per heavy atom. The fourth-order valence-corrected chi connectivity index (χ4v) is 1.74. The van der Waals surface area contributed by atoms with E-state index in [1.165, 1.54) is 0 Å². The summed E-state index contributed by atoms with van der Waals surface area (Å²) in [7, 11) is 0. The number of rotatable bonds is 1. The van der Waals surface area contributed by atoms with Crippen LogP contribution in [0.2, 0.25) is 10.3 Å². The molecule has 0 saturated carbocycles. The molecule has 86 valence electrons. The van der Waals surface area contributed by atoms with Crippen molar-refractivity contribution >= 4 is 46.9 Å². The van der Waals surface area contributed by atoms with Gasteiger partial charge in [-0.3, -0.25) is 0 Å². The molecule has 0 bridgehead atoms. The molecule has 17 heavy (non-hydrogen) atoms. The van der Waals surface area contributed by atoms with Crippen molar-refractivity contribution in [1.29, 1.82) is 0 Å². The molecule has 0 spiro atoms. The van der Waals surface area contributed by atoms with Crippen LogP contribution in [0.15, 0.2) is 24.3 Å². The maximum atomic E-state index is 5.84. The smallest absolute Gasteiger partial charge is 0.167 e. The lowest BCUT2D eigenvalue weighted by atomic mass is 10.2. The van der Waals surface area contributed by atoms with Crippen molar-refractivity contribution in [1.82, 2.24) is 9.97 Å². The fourth-order valence-electron chi connectivity index (χ4n) is 1.47. The number of hydrogen-bond donors (Lipinski definition) is 0. The maximum Gasteiger partial charge on any atom is 0.167 e. The van der Waals surface area contributed by atoms with Gasteiger partial charge in [-0.15, -0.1) is 0 Å². The van der Waals surface area contributed by atoms with Gasteiger partial charge in [-0.25, -0.2) is 9.97 Å². The number of aromatic nitrogens is 2. The van der Waals surface area contributed by atoms with Crippen molar-refractivity contribution in [2.24, 2.45) is 0 Å². The van der Waals surface area contributed by atoms with E-state index < -0.39 is 0 Å². The number of allylic oxidation sites excluding steroid dienone is 2. The Kier molecular flexibility index (Phi) is 3.46. The zero-order chi connectivity index (χ0) is 12.4. The lowest BCUT2D eigenvalue weighted by molar-refractivity contribution is 1.28. The van der Waals surface area contributed by atoms with Gasteiger partial charge in [0, 0.05) is 0 Å². The molecule has 2 aromatic rings. The summed E-state index contributed by atoms with van der Waals surface area (Å²) >= 11 is 11.7. The fraction of sp³-hybridized carbons (Fsp3) is 0.0769. The van der Waals surface area contributed by atoms with E-state index in [9.17, 15) is 0 Å². The summed E-state index contributed by atoms with van der Waals surface area (Å²) in [5.41, 5.74) is 1.41. The van der Waals surface area contributed by atoms with E-state index in [-0.39, 0.29) is 10.3 Å². The second-order valence-corrected chi connectivity index (χ2v) is 4.25. The standard InChI is InChI=1S/C13H10Cl2N2/c1-3-4-5-9-7-11-10(6-8(9)2)16-12(14)13(15)17-11/h3-7H,2H2,1H3/b4-3-,9-5-. The number of halogens is 2. The minimum atomic E-state index is 0.212. The lowest BCUT2D eigenvalue weighted by Crippen LogP contribution is -2.22. The normalized spacial score (nSPS) is 12.8. The van der Waals surface area contributed by atoms with Crippen molar-refractivity contribution < 1.29 is 0 Å². The lowest BCUT2D eigenvalue weighted by Gasteiger charge is -1.99. The highest BCUT2D eigenvalue weighted by Gasteiger charge is 2.03. The van der Waals surface area contributed by atoms with Crippen molar-refractivity contribution in [3.63, 3.8) is 0 Å². The van der Waals surface area contributed by atoms with Crippen LogP contribution in [-0.4, -0.2) is 9.97 Å². The second kappa shape index (κ2) is 4.86. The number of benzene rings is 1. The van der Waals surface area contributed by atoms with Gasteiger partial charge >= 0.3 is 0 Å². The molecule has 0 fully saturated rings. The van der Waals surface area contributed by atoms with Crippen LogP contribution >= 0.6 is 23.2 Å². The minimum absolute atomic E-state index is 0.212. The first kappa shape index (κ1) is 12.1. The van der Waals surface area contributed by atoms with Crippen LogP contribution < -0.4 is 10.4 Å². The molecule has 0 amide bonds. The Labute approximate surface area is 109 Å². The molecule has 0 aliphatic heterocycles. The van der Waals surface area contributed by atoms with Gasteiger partial charge in [-0.2, -0.15) is 0 Å². The summed E-state index contributed by atoms with van der Waals surface area (Å²) in [6.07, 6.45) is 5.86. The topological polar surface area (TPSA) is 25.8 Å². The minimum Gasteiger partial charge on any atom is -0.231 e. The predicted octanol–water partition coefficient (Wildman–Crippen LogP) is 2.70. The zero-order valence-electron chi connectivity index (χ0n) is 9.24. The molecule has 0 N–H and O–H groups in total. The van der Waals surface area contributed by atoms with Gasteiger partial charge in [0.05, 0.1) is 11.0 Å². The van der Waals surface area contributed by atoms with Gasteiger partial charge in [0.2, 0.25) is 0 Å². The maximum absolute atomic E-state index is 5.84.